The molecule has 1 atom stereocenters. The van der Waals surface area contributed by atoms with Gasteiger partial charge in [0.15, 0.2) is 5.17 Å². The van der Waals surface area contributed by atoms with Crippen LogP contribution in [0.5, 0.6) is 11.5 Å². The van der Waals surface area contributed by atoms with Crippen LogP contribution < -0.4 is 14.8 Å². The summed E-state index contributed by atoms with van der Waals surface area (Å²) in [7, 11) is 1.62. The van der Waals surface area contributed by atoms with Gasteiger partial charge in [0.1, 0.15) is 11.5 Å². The molecule has 27 heavy (non-hydrogen) atoms. The van der Waals surface area contributed by atoms with Crippen LogP contribution in [-0.2, 0) is 11.2 Å². The van der Waals surface area contributed by atoms with Crippen LogP contribution >= 0.6 is 11.8 Å². The fourth-order valence-electron chi connectivity index (χ4n) is 2.53. The lowest BCUT2D eigenvalue weighted by Gasteiger charge is -2.07. The van der Waals surface area contributed by atoms with E-state index in [-0.39, 0.29) is 11.2 Å². The summed E-state index contributed by atoms with van der Waals surface area (Å²) in [4.78, 5) is 12.2. The molecule has 1 N–H and O–H groups in total. The standard InChI is InChI=1S/C20H21N3O3S/c1-3-26-17-10-4-14(5-11-17)12-18-19(24)22-20(27-18)23-21-13-15-6-8-16(25-2)9-7-15/h4-11,13,18H,3,12H2,1-2H3,(H,22,23,24). The lowest BCUT2D eigenvalue weighted by atomic mass is 10.1. The third-order valence-corrected chi connectivity index (χ3v) is 4.98. The zero-order chi connectivity index (χ0) is 19.1. The van der Waals surface area contributed by atoms with Crippen LogP contribution in [0.15, 0.2) is 58.7 Å². The summed E-state index contributed by atoms with van der Waals surface area (Å²) in [6.07, 6.45) is 2.27. The average Bonchev–Trinajstić information content (AvgIpc) is 3.03. The average molecular weight is 383 g/mol. The van der Waals surface area contributed by atoms with E-state index in [2.05, 4.69) is 15.5 Å². The molecule has 2 aromatic rings. The van der Waals surface area contributed by atoms with Crippen LogP contribution in [-0.4, -0.2) is 36.3 Å². The molecule has 1 unspecified atom stereocenters. The van der Waals surface area contributed by atoms with Crippen molar-refractivity contribution in [2.45, 2.75) is 18.6 Å². The van der Waals surface area contributed by atoms with E-state index in [0.717, 1.165) is 22.6 Å². The molecule has 1 fully saturated rings. The van der Waals surface area contributed by atoms with Crippen LogP contribution in [0.25, 0.3) is 0 Å². The fraction of sp³-hybridized carbons (Fsp3) is 0.250. The number of amides is 1. The molecular formula is C20H21N3O3S. The Kier molecular flexibility index (Phi) is 6.49. The van der Waals surface area contributed by atoms with Crippen LogP contribution in [0.2, 0.25) is 0 Å². The Bertz CT molecular complexity index is 833. The molecule has 0 aromatic heterocycles. The molecule has 1 aliphatic heterocycles. The van der Waals surface area contributed by atoms with Crippen LogP contribution in [0, 0.1) is 0 Å². The number of ether oxygens (including phenoxy) is 2. The maximum absolute atomic E-state index is 12.2. The molecule has 1 saturated heterocycles. The monoisotopic (exact) mass is 383 g/mol. The molecular weight excluding hydrogens is 362 g/mol. The molecule has 1 heterocycles. The zero-order valence-electron chi connectivity index (χ0n) is 15.2. The predicted molar refractivity (Wildman–Crippen MR) is 109 cm³/mol. The number of nitrogens with one attached hydrogen (secondary N) is 1. The lowest BCUT2D eigenvalue weighted by molar-refractivity contribution is -0.118. The number of nitrogens with zero attached hydrogens (tertiary/aromatic N) is 2. The summed E-state index contributed by atoms with van der Waals surface area (Å²) in [6.45, 7) is 2.59. The van der Waals surface area contributed by atoms with Gasteiger partial charge in [0, 0.05) is 0 Å². The minimum absolute atomic E-state index is 0.0488. The van der Waals surface area contributed by atoms with Gasteiger partial charge in [-0.1, -0.05) is 23.9 Å². The summed E-state index contributed by atoms with van der Waals surface area (Å²) >= 11 is 1.39. The number of thioether (sulfide) groups is 1. The summed E-state index contributed by atoms with van der Waals surface area (Å²) in [6, 6.07) is 15.3. The van der Waals surface area contributed by atoms with Crippen molar-refractivity contribution < 1.29 is 14.3 Å². The Morgan fingerprint density at radius 1 is 1.11 bits per heavy atom. The molecule has 1 aliphatic rings. The molecule has 3 rings (SSSR count). The summed E-state index contributed by atoms with van der Waals surface area (Å²) in [5.74, 6) is 1.57. The molecule has 1 amide bonds. The maximum atomic E-state index is 12.2. The number of carbonyl (C=O) groups is 1. The molecule has 2 aromatic carbocycles. The van der Waals surface area contributed by atoms with Crippen LogP contribution in [0.4, 0.5) is 0 Å². The first-order valence-electron chi connectivity index (χ1n) is 8.62. The predicted octanol–water partition coefficient (Wildman–Crippen LogP) is 3.26. The highest BCUT2D eigenvalue weighted by molar-refractivity contribution is 8.15. The number of amidine groups is 1. The molecule has 0 aliphatic carbocycles. The van der Waals surface area contributed by atoms with Gasteiger partial charge in [-0.15, -0.1) is 5.10 Å². The summed E-state index contributed by atoms with van der Waals surface area (Å²) in [5.41, 5.74) is 1.98. The summed E-state index contributed by atoms with van der Waals surface area (Å²) < 4.78 is 10.6. The smallest absolute Gasteiger partial charge is 0.239 e. The lowest BCUT2D eigenvalue weighted by Crippen LogP contribution is -2.25. The highest BCUT2D eigenvalue weighted by Crippen LogP contribution is 2.24. The second-order valence-electron chi connectivity index (χ2n) is 5.80. The highest BCUT2D eigenvalue weighted by atomic mass is 32.2. The third kappa shape index (κ3) is 5.34. The van der Waals surface area contributed by atoms with Crippen molar-refractivity contribution in [3.63, 3.8) is 0 Å². The van der Waals surface area contributed by atoms with E-state index in [1.807, 2.05) is 55.5 Å². The Balaban J connectivity index is 1.57. The van der Waals surface area contributed by atoms with Crippen molar-refractivity contribution in [3.8, 4) is 11.5 Å². The van der Waals surface area contributed by atoms with E-state index in [1.54, 1.807) is 13.3 Å². The quantitative estimate of drug-likeness (QED) is 0.588. The van der Waals surface area contributed by atoms with Crippen molar-refractivity contribution in [2.24, 2.45) is 10.2 Å². The normalized spacial score (nSPS) is 18.1. The number of methoxy groups -OCH3 is 1. The Labute approximate surface area is 162 Å². The first-order valence-corrected chi connectivity index (χ1v) is 9.50. The van der Waals surface area contributed by atoms with E-state index in [0.29, 0.717) is 18.2 Å². The van der Waals surface area contributed by atoms with Crippen molar-refractivity contribution in [1.29, 1.82) is 0 Å². The summed E-state index contributed by atoms with van der Waals surface area (Å²) in [5, 5.41) is 11.2. The Morgan fingerprint density at radius 2 is 1.81 bits per heavy atom. The first kappa shape index (κ1) is 19.0. The number of hydrogen-bond acceptors (Lipinski definition) is 6. The van der Waals surface area contributed by atoms with E-state index in [1.165, 1.54) is 11.8 Å². The fourth-order valence-corrected chi connectivity index (χ4v) is 3.49. The van der Waals surface area contributed by atoms with Gasteiger partial charge in [0.2, 0.25) is 5.91 Å². The largest absolute Gasteiger partial charge is 0.497 e. The molecule has 0 spiro atoms. The molecule has 6 nitrogen and oxygen atoms in total. The molecule has 0 radical (unpaired) electrons. The second-order valence-corrected chi connectivity index (χ2v) is 6.99. The number of benzene rings is 2. The van der Waals surface area contributed by atoms with Crippen LogP contribution in [0.3, 0.4) is 0 Å². The zero-order valence-corrected chi connectivity index (χ0v) is 16.0. The minimum Gasteiger partial charge on any atom is -0.497 e. The Morgan fingerprint density at radius 3 is 2.48 bits per heavy atom. The van der Waals surface area contributed by atoms with Gasteiger partial charge in [0.25, 0.3) is 0 Å². The number of rotatable bonds is 7. The van der Waals surface area contributed by atoms with Crippen molar-refractivity contribution >= 4 is 29.1 Å². The SMILES string of the molecule is CCOc1ccc(CC2S/C(=N/N=Cc3ccc(OC)cc3)NC2=O)cc1. The topological polar surface area (TPSA) is 72.3 Å². The molecule has 7 heteroatoms. The van der Waals surface area contributed by atoms with E-state index >= 15 is 0 Å². The van der Waals surface area contributed by atoms with Gasteiger partial charge in [-0.2, -0.15) is 5.10 Å². The van der Waals surface area contributed by atoms with Gasteiger partial charge < -0.3 is 14.8 Å². The minimum atomic E-state index is -0.210. The van der Waals surface area contributed by atoms with Gasteiger partial charge in [-0.05, 0) is 60.9 Å². The second kappa shape index (κ2) is 9.23. The van der Waals surface area contributed by atoms with Gasteiger partial charge in [0.05, 0.1) is 25.2 Å². The van der Waals surface area contributed by atoms with E-state index in [4.69, 9.17) is 9.47 Å². The first-order chi connectivity index (χ1) is 13.2. The highest BCUT2D eigenvalue weighted by Gasteiger charge is 2.30. The van der Waals surface area contributed by atoms with E-state index in [9.17, 15) is 4.79 Å². The van der Waals surface area contributed by atoms with Gasteiger partial charge >= 0.3 is 0 Å². The molecule has 140 valence electrons. The third-order valence-electron chi connectivity index (χ3n) is 3.90. The van der Waals surface area contributed by atoms with Gasteiger partial charge in [-0.3, -0.25) is 4.79 Å². The maximum Gasteiger partial charge on any atom is 0.239 e. The van der Waals surface area contributed by atoms with Crippen molar-refractivity contribution in [3.05, 3.63) is 59.7 Å². The molecule has 0 saturated carbocycles. The Hall–Kier alpha value is -2.80. The molecule has 0 bridgehead atoms. The van der Waals surface area contributed by atoms with Crippen molar-refractivity contribution in [1.82, 2.24) is 5.32 Å². The van der Waals surface area contributed by atoms with Crippen molar-refractivity contribution in [2.75, 3.05) is 13.7 Å². The van der Waals surface area contributed by atoms with Crippen LogP contribution in [0.1, 0.15) is 18.1 Å². The number of carbonyl (C=O) groups excluding carboxylic acids is 1. The van der Waals surface area contributed by atoms with Gasteiger partial charge in [-0.25, -0.2) is 0 Å². The van der Waals surface area contributed by atoms with E-state index < -0.39 is 0 Å². The number of hydrogen-bond donors (Lipinski definition) is 1.